The minimum Gasteiger partial charge on any atom is -0.492 e. The predicted molar refractivity (Wildman–Crippen MR) is 110 cm³/mol. The van der Waals surface area contributed by atoms with E-state index >= 15 is 0 Å². The maximum absolute atomic E-state index is 12.3. The van der Waals surface area contributed by atoms with Gasteiger partial charge >= 0.3 is 0 Å². The van der Waals surface area contributed by atoms with Crippen LogP contribution in [0, 0.1) is 13.8 Å². The summed E-state index contributed by atoms with van der Waals surface area (Å²) in [7, 11) is 1.90. The lowest BCUT2D eigenvalue weighted by Gasteiger charge is -2.17. The van der Waals surface area contributed by atoms with E-state index in [0.29, 0.717) is 37.8 Å². The molecule has 0 atom stereocenters. The van der Waals surface area contributed by atoms with E-state index in [-0.39, 0.29) is 12.5 Å². The third-order valence-electron chi connectivity index (χ3n) is 4.38. The largest absolute Gasteiger partial charge is 0.492 e. The number of fused-ring (bicyclic) bond motifs is 1. The van der Waals surface area contributed by atoms with Crippen molar-refractivity contribution in [3.8, 4) is 17.2 Å². The average Bonchev–Trinajstić information content (AvgIpc) is 2.85. The lowest BCUT2D eigenvalue weighted by Crippen LogP contribution is -2.33. The summed E-state index contributed by atoms with van der Waals surface area (Å²) >= 11 is 0. The van der Waals surface area contributed by atoms with Gasteiger partial charge in [0.05, 0.1) is 19.8 Å². The first-order chi connectivity index (χ1) is 13.5. The zero-order valence-electron chi connectivity index (χ0n) is 16.8. The minimum atomic E-state index is -0.0802. The molecule has 2 aromatic rings. The van der Waals surface area contributed by atoms with Crippen LogP contribution in [-0.2, 0) is 4.79 Å². The van der Waals surface area contributed by atoms with E-state index in [4.69, 9.17) is 14.2 Å². The summed E-state index contributed by atoms with van der Waals surface area (Å²) in [6, 6.07) is 11.6. The number of likely N-dealkylation sites (N-methyl/N-ethyl adjacent to an activating group) is 1. The summed E-state index contributed by atoms with van der Waals surface area (Å²) < 4.78 is 17.1. The molecule has 150 valence electrons. The van der Waals surface area contributed by atoms with Gasteiger partial charge in [0.25, 0.3) is 0 Å². The van der Waals surface area contributed by atoms with Crippen LogP contribution < -0.4 is 19.5 Å². The van der Waals surface area contributed by atoms with Crippen LogP contribution >= 0.6 is 0 Å². The second-order valence-corrected chi connectivity index (χ2v) is 7.17. The van der Waals surface area contributed by atoms with Crippen molar-refractivity contribution >= 4 is 11.6 Å². The second kappa shape index (κ2) is 9.46. The molecule has 6 heteroatoms. The summed E-state index contributed by atoms with van der Waals surface area (Å²) in [5.74, 6) is 2.17. The lowest BCUT2D eigenvalue weighted by atomic mass is 10.1. The van der Waals surface area contributed by atoms with Gasteiger partial charge in [-0.15, -0.1) is 0 Å². The smallest absolute Gasteiger partial charge is 0.238 e. The highest BCUT2D eigenvalue weighted by atomic mass is 16.5. The van der Waals surface area contributed by atoms with Crippen LogP contribution in [0.2, 0.25) is 0 Å². The van der Waals surface area contributed by atoms with Crippen molar-refractivity contribution in [1.29, 1.82) is 0 Å². The molecule has 0 radical (unpaired) electrons. The molecule has 0 unspecified atom stereocenters. The molecular weight excluding hydrogens is 356 g/mol. The van der Waals surface area contributed by atoms with Crippen LogP contribution in [-0.4, -0.2) is 50.8 Å². The molecule has 0 spiro atoms. The molecule has 0 saturated carbocycles. The first-order valence-corrected chi connectivity index (χ1v) is 9.59. The number of amides is 1. The van der Waals surface area contributed by atoms with Gasteiger partial charge in [-0.2, -0.15) is 0 Å². The third kappa shape index (κ3) is 5.89. The topological polar surface area (TPSA) is 60.0 Å². The van der Waals surface area contributed by atoms with E-state index in [1.165, 1.54) is 11.1 Å². The van der Waals surface area contributed by atoms with E-state index < -0.39 is 0 Å². The van der Waals surface area contributed by atoms with Crippen molar-refractivity contribution in [3.05, 3.63) is 47.5 Å². The Morgan fingerprint density at radius 1 is 1.07 bits per heavy atom. The van der Waals surface area contributed by atoms with Gasteiger partial charge in [-0.1, -0.05) is 6.07 Å². The van der Waals surface area contributed by atoms with Gasteiger partial charge in [0.1, 0.15) is 12.4 Å². The molecule has 0 aliphatic carbocycles. The van der Waals surface area contributed by atoms with Gasteiger partial charge in [0.15, 0.2) is 11.5 Å². The van der Waals surface area contributed by atoms with E-state index in [1.807, 2.05) is 42.3 Å². The van der Waals surface area contributed by atoms with Crippen molar-refractivity contribution in [1.82, 2.24) is 4.90 Å². The molecule has 0 aromatic heterocycles. The van der Waals surface area contributed by atoms with Crippen molar-refractivity contribution < 1.29 is 19.0 Å². The molecule has 1 aliphatic rings. The van der Waals surface area contributed by atoms with Gasteiger partial charge < -0.3 is 19.5 Å². The first-order valence-electron chi connectivity index (χ1n) is 9.59. The van der Waals surface area contributed by atoms with Crippen molar-refractivity contribution in [3.63, 3.8) is 0 Å². The van der Waals surface area contributed by atoms with Crippen LogP contribution in [0.25, 0.3) is 0 Å². The lowest BCUT2D eigenvalue weighted by molar-refractivity contribution is -0.117. The number of ether oxygens (including phenoxy) is 3. The van der Waals surface area contributed by atoms with Gasteiger partial charge in [-0.25, -0.2) is 0 Å². The maximum atomic E-state index is 12.3. The van der Waals surface area contributed by atoms with E-state index in [2.05, 4.69) is 25.2 Å². The number of nitrogens with zero attached hydrogens (tertiary/aromatic N) is 1. The number of benzene rings is 2. The molecule has 1 heterocycles. The number of carbonyl (C=O) groups excluding carboxylic acids is 1. The average molecular weight is 384 g/mol. The fourth-order valence-corrected chi connectivity index (χ4v) is 3.10. The van der Waals surface area contributed by atoms with Crippen molar-refractivity contribution in [2.75, 3.05) is 45.3 Å². The molecule has 3 rings (SSSR count). The summed E-state index contributed by atoms with van der Waals surface area (Å²) in [6.45, 7) is 6.83. The number of hydrogen-bond donors (Lipinski definition) is 1. The Bertz CT molecular complexity index is 802. The molecule has 1 amide bonds. The summed E-state index contributed by atoms with van der Waals surface area (Å²) in [5.41, 5.74) is 3.06. The van der Waals surface area contributed by atoms with Gasteiger partial charge in [0.2, 0.25) is 5.91 Å². The summed E-state index contributed by atoms with van der Waals surface area (Å²) in [6.07, 6.45) is 0.853. The number of nitrogens with one attached hydrogen (secondary N) is 1. The molecule has 0 saturated heterocycles. The van der Waals surface area contributed by atoms with Crippen molar-refractivity contribution in [2.24, 2.45) is 0 Å². The minimum absolute atomic E-state index is 0.0802. The van der Waals surface area contributed by atoms with E-state index in [1.54, 1.807) is 0 Å². The number of carbonyl (C=O) groups is 1. The Hall–Kier alpha value is -2.73. The molecule has 2 aromatic carbocycles. The van der Waals surface area contributed by atoms with Crippen LogP contribution in [0.15, 0.2) is 36.4 Å². The number of rotatable bonds is 7. The number of anilines is 1. The normalized spacial score (nSPS) is 13.1. The molecule has 28 heavy (non-hydrogen) atoms. The van der Waals surface area contributed by atoms with Gasteiger partial charge in [0, 0.05) is 24.7 Å². The molecular formula is C22H28N2O4. The fraction of sp³-hybridized carbons (Fsp3) is 0.409. The molecule has 0 bridgehead atoms. The molecule has 1 N–H and O–H groups in total. The highest BCUT2D eigenvalue weighted by molar-refractivity contribution is 5.92. The van der Waals surface area contributed by atoms with Gasteiger partial charge in [-0.05, 0) is 56.3 Å². The summed E-state index contributed by atoms with van der Waals surface area (Å²) in [5, 5.41) is 2.91. The maximum Gasteiger partial charge on any atom is 0.238 e. The Labute approximate surface area is 166 Å². The van der Waals surface area contributed by atoms with Crippen LogP contribution in [0.4, 0.5) is 5.69 Å². The Morgan fingerprint density at radius 2 is 1.79 bits per heavy atom. The van der Waals surface area contributed by atoms with E-state index in [0.717, 1.165) is 17.9 Å². The Kier molecular flexibility index (Phi) is 6.76. The Morgan fingerprint density at radius 3 is 2.54 bits per heavy atom. The quantitative estimate of drug-likeness (QED) is 0.793. The van der Waals surface area contributed by atoms with Crippen LogP contribution in [0.3, 0.4) is 0 Å². The standard InChI is InChI=1S/C22H28N2O4/c1-16-11-17(2)13-19(12-16)26-10-7-24(3)15-22(25)23-18-5-6-20-21(14-18)28-9-4-8-27-20/h5-6,11-14H,4,7-10,15H2,1-3H3,(H,23,25). The zero-order valence-corrected chi connectivity index (χ0v) is 16.8. The number of hydrogen-bond acceptors (Lipinski definition) is 5. The molecule has 1 aliphatic heterocycles. The third-order valence-corrected chi connectivity index (χ3v) is 4.38. The van der Waals surface area contributed by atoms with Crippen LogP contribution in [0.5, 0.6) is 17.2 Å². The Balaban J connectivity index is 1.44. The summed E-state index contributed by atoms with van der Waals surface area (Å²) in [4.78, 5) is 14.2. The van der Waals surface area contributed by atoms with Crippen molar-refractivity contribution in [2.45, 2.75) is 20.3 Å². The highest BCUT2D eigenvalue weighted by Gasteiger charge is 2.13. The second-order valence-electron chi connectivity index (χ2n) is 7.17. The monoisotopic (exact) mass is 384 g/mol. The SMILES string of the molecule is Cc1cc(C)cc(OCCN(C)CC(=O)Nc2ccc3c(c2)OCCCO3)c1. The van der Waals surface area contributed by atoms with E-state index in [9.17, 15) is 4.79 Å². The molecule has 6 nitrogen and oxygen atoms in total. The highest BCUT2D eigenvalue weighted by Crippen LogP contribution is 2.32. The van der Waals surface area contributed by atoms with Gasteiger partial charge in [-0.3, -0.25) is 9.69 Å². The zero-order chi connectivity index (χ0) is 19.9. The predicted octanol–water partition coefficient (Wildman–Crippen LogP) is 3.41. The number of aryl methyl sites for hydroxylation is 2. The first kappa shape index (κ1) is 20.0. The van der Waals surface area contributed by atoms with Crippen LogP contribution in [0.1, 0.15) is 17.5 Å². The molecule has 0 fully saturated rings. The fourth-order valence-electron chi connectivity index (χ4n) is 3.10.